The second-order valence-corrected chi connectivity index (χ2v) is 6.90. The molecule has 0 atom stereocenters. The zero-order valence-electron chi connectivity index (χ0n) is 12.5. The number of amides is 1. The summed E-state index contributed by atoms with van der Waals surface area (Å²) >= 11 is 3.34. The lowest BCUT2D eigenvalue weighted by Gasteiger charge is -2.05. The van der Waals surface area contributed by atoms with Gasteiger partial charge in [0.25, 0.3) is 5.91 Å². The summed E-state index contributed by atoms with van der Waals surface area (Å²) in [4.78, 5) is 16.5. The van der Waals surface area contributed by atoms with Gasteiger partial charge in [0.2, 0.25) is 0 Å². The van der Waals surface area contributed by atoms with E-state index in [0.29, 0.717) is 12.1 Å². The number of thioether (sulfide) groups is 1. The molecule has 22 heavy (non-hydrogen) atoms. The maximum absolute atomic E-state index is 12.0. The second-order valence-electron chi connectivity index (χ2n) is 4.82. The Labute approximate surface area is 139 Å². The van der Waals surface area contributed by atoms with Gasteiger partial charge in [0, 0.05) is 41.1 Å². The predicted molar refractivity (Wildman–Crippen MR) is 93.6 cm³/mol. The van der Waals surface area contributed by atoms with Crippen LogP contribution < -0.4 is 5.32 Å². The summed E-state index contributed by atoms with van der Waals surface area (Å²) in [5, 5.41) is 14.6. The Balaban J connectivity index is 1.81. The topological polar surface area (TPSA) is 62.2 Å². The van der Waals surface area contributed by atoms with Gasteiger partial charge in [-0.1, -0.05) is 12.1 Å². The average molecular weight is 336 g/mol. The van der Waals surface area contributed by atoms with E-state index in [4.69, 9.17) is 5.11 Å². The average Bonchev–Trinajstić information content (AvgIpc) is 2.97. The van der Waals surface area contributed by atoms with Gasteiger partial charge >= 0.3 is 0 Å². The van der Waals surface area contributed by atoms with Crippen LogP contribution in [0.15, 0.2) is 29.6 Å². The number of nitrogens with one attached hydrogen (secondary N) is 1. The molecule has 2 aromatic rings. The quantitative estimate of drug-likeness (QED) is 0.728. The summed E-state index contributed by atoms with van der Waals surface area (Å²) in [5.74, 6) is 1.74. The van der Waals surface area contributed by atoms with Gasteiger partial charge in [-0.15, -0.1) is 11.3 Å². The van der Waals surface area contributed by atoms with E-state index in [2.05, 4.69) is 10.3 Å². The van der Waals surface area contributed by atoms with Crippen molar-refractivity contribution in [1.82, 2.24) is 10.3 Å². The zero-order chi connectivity index (χ0) is 15.8. The lowest BCUT2D eigenvalue weighted by molar-refractivity contribution is 0.0956. The van der Waals surface area contributed by atoms with E-state index in [-0.39, 0.29) is 12.5 Å². The van der Waals surface area contributed by atoms with Crippen LogP contribution in [0.2, 0.25) is 0 Å². The first-order chi connectivity index (χ1) is 10.7. The molecule has 0 aliphatic carbocycles. The molecule has 118 valence electrons. The molecule has 1 heterocycles. The molecule has 1 aromatic heterocycles. The molecular weight excluding hydrogens is 316 g/mol. The summed E-state index contributed by atoms with van der Waals surface area (Å²) in [6.45, 7) is 2.84. The standard InChI is InChI=1S/C16H20N2O2S2/c1-12-11-22-16(18-12)14-5-3-13(4-6-14)15(20)17-7-10-21-9-2-8-19/h3-6,11,19H,2,7-10H2,1H3,(H,17,20). The fourth-order valence-corrected chi connectivity index (χ4v) is 3.45. The monoisotopic (exact) mass is 336 g/mol. The SMILES string of the molecule is Cc1csc(-c2ccc(C(=O)NCCSCCCO)cc2)n1. The maximum atomic E-state index is 12.0. The van der Waals surface area contributed by atoms with Crippen LogP contribution in [0.4, 0.5) is 0 Å². The summed E-state index contributed by atoms with van der Waals surface area (Å²) in [6.07, 6.45) is 0.802. The molecule has 2 rings (SSSR count). The minimum absolute atomic E-state index is 0.0513. The number of aliphatic hydroxyl groups excluding tert-OH is 1. The third-order valence-corrected chi connectivity index (χ3v) is 5.07. The minimum Gasteiger partial charge on any atom is -0.396 e. The Morgan fingerprint density at radius 2 is 2.09 bits per heavy atom. The first-order valence-electron chi connectivity index (χ1n) is 7.20. The van der Waals surface area contributed by atoms with Gasteiger partial charge in [-0.2, -0.15) is 11.8 Å². The number of aliphatic hydroxyl groups is 1. The number of carbonyl (C=O) groups is 1. The van der Waals surface area contributed by atoms with Crippen molar-refractivity contribution in [1.29, 1.82) is 0 Å². The van der Waals surface area contributed by atoms with Crippen molar-refractivity contribution in [2.24, 2.45) is 0 Å². The summed E-state index contributed by atoms with van der Waals surface area (Å²) in [5.41, 5.74) is 2.71. The Morgan fingerprint density at radius 3 is 2.73 bits per heavy atom. The van der Waals surface area contributed by atoms with E-state index in [1.807, 2.05) is 36.6 Å². The van der Waals surface area contributed by atoms with Crippen LogP contribution >= 0.6 is 23.1 Å². The third-order valence-electron chi connectivity index (χ3n) is 2.99. The van der Waals surface area contributed by atoms with Gasteiger partial charge in [0.1, 0.15) is 5.01 Å². The van der Waals surface area contributed by atoms with Gasteiger partial charge in [-0.3, -0.25) is 4.79 Å². The molecule has 0 bridgehead atoms. The molecular formula is C16H20N2O2S2. The summed E-state index contributed by atoms with van der Waals surface area (Å²) in [7, 11) is 0. The van der Waals surface area contributed by atoms with Crippen LogP contribution in [0.25, 0.3) is 10.6 Å². The van der Waals surface area contributed by atoms with Crippen molar-refractivity contribution < 1.29 is 9.90 Å². The summed E-state index contributed by atoms with van der Waals surface area (Å²) in [6, 6.07) is 7.53. The number of carbonyl (C=O) groups excluding carboxylic acids is 1. The van der Waals surface area contributed by atoms with Crippen molar-refractivity contribution in [2.45, 2.75) is 13.3 Å². The van der Waals surface area contributed by atoms with Gasteiger partial charge in [0.05, 0.1) is 0 Å². The molecule has 0 saturated carbocycles. The molecule has 0 aliphatic rings. The van der Waals surface area contributed by atoms with E-state index in [1.54, 1.807) is 23.1 Å². The third kappa shape index (κ3) is 5.12. The fourth-order valence-electron chi connectivity index (χ4n) is 1.86. The van der Waals surface area contributed by atoms with Crippen molar-refractivity contribution in [3.05, 3.63) is 40.9 Å². The van der Waals surface area contributed by atoms with Gasteiger partial charge in [0.15, 0.2) is 0 Å². The highest BCUT2D eigenvalue weighted by molar-refractivity contribution is 7.99. The molecule has 4 nitrogen and oxygen atoms in total. The zero-order valence-corrected chi connectivity index (χ0v) is 14.2. The summed E-state index contributed by atoms with van der Waals surface area (Å²) < 4.78 is 0. The maximum Gasteiger partial charge on any atom is 0.251 e. The number of hydrogen-bond acceptors (Lipinski definition) is 5. The minimum atomic E-state index is -0.0513. The first kappa shape index (κ1) is 17.0. The van der Waals surface area contributed by atoms with E-state index in [1.165, 1.54) is 0 Å². The van der Waals surface area contributed by atoms with E-state index in [0.717, 1.165) is 34.2 Å². The largest absolute Gasteiger partial charge is 0.396 e. The van der Waals surface area contributed by atoms with E-state index in [9.17, 15) is 4.79 Å². The molecule has 1 aromatic carbocycles. The predicted octanol–water partition coefficient (Wildman–Crippen LogP) is 2.96. The van der Waals surface area contributed by atoms with Crippen LogP contribution in [0, 0.1) is 6.92 Å². The van der Waals surface area contributed by atoms with Crippen LogP contribution in [-0.2, 0) is 0 Å². The Hall–Kier alpha value is -1.37. The molecule has 6 heteroatoms. The molecule has 0 radical (unpaired) electrons. The second kappa shape index (κ2) is 8.92. The number of aryl methyl sites for hydroxylation is 1. The number of benzene rings is 1. The molecule has 0 fully saturated rings. The van der Waals surface area contributed by atoms with Crippen LogP contribution in [0.3, 0.4) is 0 Å². The Kier molecular flexibility index (Phi) is 6.89. The van der Waals surface area contributed by atoms with Gasteiger partial charge in [-0.25, -0.2) is 4.98 Å². The fraction of sp³-hybridized carbons (Fsp3) is 0.375. The van der Waals surface area contributed by atoms with Gasteiger partial charge < -0.3 is 10.4 Å². The van der Waals surface area contributed by atoms with E-state index >= 15 is 0 Å². The van der Waals surface area contributed by atoms with Crippen molar-refractivity contribution >= 4 is 29.0 Å². The lowest BCUT2D eigenvalue weighted by Crippen LogP contribution is -2.25. The van der Waals surface area contributed by atoms with E-state index < -0.39 is 0 Å². The Morgan fingerprint density at radius 1 is 1.32 bits per heavy atom. The number of aromatic nitrogens is 1. The molecule has 0 aliphatic heterocycles. The normalized spacial score (nSPS) is 10.6. The number of thiazole rings is 1. The van der Waals surface area contributed by atoms with Crippen LogP contribution in [0.1, 0.15) is 22.5 Å². The van der Waals surface area contributed by atoms with Crippen molar-refractivity contribution in [3.63, 3.8) is 0 Å². The van der Waals surface area contributed by atoms with Crippen LogP contribution in [-0.4, -0.2) is 40.7 Å². The molecule has 0 saturated heterocycles. The Bertz CT molecular complexity index is 596. The lowest BCUT2D eigenvalue weighted by atomic mass is 10.1. The van der Waals surface area contributed by atoms with Crippen LogP contribution in [0.5, 0.6) is 0 Å². The highest BCUT2D eigenvalue weighted by Gasteiger charge is 2.07. The highest BCUT2D eigenvalue weighted by atomic mass is 32.2. The number of hydrogen-bond donors (Lipinski definition) is 2. The highest BCUT2D eigenvalue weighted by Crippen LogP contribution is 2.23. The molecule has 1 amide bonds. The molecule has 2 N–H and O–H groups in total. The van der Waals surface area contributed by atoms with Gasteiger partial charge in [-0.05, 0) is 31.2 Å². The number of nitrogens with zero attached hydrogens (tertiary/aromatic N) is 1. The van der Waals surface area contributed by atoms with Crippen molar-refractivity contribution in [2.75, 3.05) is 24.7 Å². The first-order valence-corrected chi connectivity index (χ1v) is 9.23. The van der Waals surface area contributed by atoms with Crippen molar-refractivity contribution in [3.8, 4) is 10.6 Å². The molecule has 0 spiro atoms. The number of rotatable bonds is 8. The molecule has 0 unspecified atom stereocenters. The smallest absolute Gasteiger partial charge is 0.251 e.